The van der Waals surface area contributed by atoms with Gasteiger partial charge in [0.05, 0.1) is 10.5 Å². The van der Waals surface area contributed by atoms with Crippen LogP contribution in [0, 0.1) is 10.1 Å². The molecule has 92 valence electrons. The third kappa shape index (κ3) is 3.50. The van der Waals surface area contributed by atoms with Crippen molar-refractivity contribution in [2.45, 2.75) is 6.42 Å². The van der Waals surface area contributed by atoms with Gasteiger partial charge in [0, 0.05) is 19.2 Å². The highest BCUT2D eigenvalue weighted by Crippen LogP contribution is 2.28. The van der Waals surface area contributed by atoms with Gasteiger partial charge >= 0.3 is 0 Å². The first-order valence-electron chi connectivity index (χ1n) is 4.90. The summed E-state index contributed by atoms with van der Waals surface area (Å²) in [6, 6.07) is 4.25. The zero-order valence-electron chi connectivity index (χ0n) is 8.85. The Morgan fingerprint density at radius 1 is 1.53 bits per heavy atom. The van der Waals surface area contributed by atoms with Crippen LogP contribution < -0.4 is 5.32 Å². The lowest BCUT2D eigenvalue weighted by atomic mass is 10.2. The summed E-state index contributed by atoms with van der Waals surface area (Å²) in [4.78, 5) is 21.8. The molecule has 0 aliphatic carbocycles. The molecule has 0 fully saturated rings. The SMILES string of the molecule is O=C(NCCCO)c1cccc([N+](=O)[O-])c1Br. The summed E-state index contributed by atoms with van der Waals surface area (Å²) < 4.78 is 0.159. The van der Waals surface area contributed by atoms with Crippen LogP contribution in [0.5, 0.6) is 0 Å². The van der Waals surface area contributed by atoms with Crippen molar-refractivity contribution in [3.05, 3.63) is 38.3 Å². The van der Waals surface area contributed by atoms with Crippen LogP contribution in [0.4, 0.5) is 5.69 Å². The average Bonchev–Trinajstić information content (AvgIpc) is 2.29. The maximum atomic E-state index is 11.7. The molecule has 0 unspecified atom stereocenters. The summed E-state index contributed by atoms with van der Waals surface area (Å²) in [6.45, 7) is 0.306. The third-order valence-corrected chi connectivity index (χ3v) is 2.87. The van der Waals surface area contributed by atoms with E-state index in [0.29, 0.717) is 13.0 Å². The Morgan fingerprint density at radius 3 is 2.82 bits per heavy atom. The van der Waals surface area contributed by atoms with Gasteiger partial charge in [-0.15, -0.1) is 0 Å². The number of hydrogen-bond acceptors (Lipinski definition) is 4. The molecule has 0 atom stereocenters. The van der Waals surface area contributed by atoms with Crippen LogP contribution in [-0.2, 0) is 0 Å². The second-order valence-corrected chi connectivity index (χ2v) is 4.02. The van der Waals surface area contributed by atoms with Crippen molar-refractivity contribution in [2.75, 3.05) is 13.2 Å². The molecule has 0 spiro atoms. The van der Waals surface area contributed by atoms with Crippen LogP contribution in [0.2, 0.25) is 0 Å². The van der Waals surface area contributed by atoms with E-state index < -0.39 is 10.8 Å². The van der Waals surface area contributed by atoms with Gasteiger partial charge in [0.25, 0.3) is 11.6 Å². The minimum Gasteiger partial charge on any atom is -0.396 e. The average molecular weight is 303 g/mol. The normalized spacial score (nSPS) is 10.0. The molecule has 0 saturated heterocycles. The van der Waals surface area contributed by atoms with E-state index in [0.717, 1.165) is 0 Å². The van der Waals surface area contributed by atoms with Gasteiger partial charge in [0.15, 0.2) is 0 Å². The predicted octanol–water partition coefficient (Wildman–Crippen LogP) is 1.47. The quantitative estimate of drug-likeness (QED) is 0.489. The Labute approximate surface area is 106 Å². The van der Waals surface area contributed by atoms with Gasteiger partial charge in [-0.3, -0.25) is 14.9 Å². The van der Waals surface area contributed by atoms with Crippen molar-refractivity contribution in [1.82, 2.24) is 5.32 Å². The monoisotopic (exact) mass is 302 g/mol. The molecule has 1 aromatic carbocycles. The first-order chi connectivity index (χ1) is 8.07. The number of amides is 1. The van der Waals surface area contributed by atoms with E-state index in [1.807, 2.05) is 0 Å². The molecule has 0 aliphatic rings. The first-order valence-corrected chi connectivity index (χ1v) is 5.69. The molecule has 7 heteroatoms. The Bertz CT molecular complexity index is 436. The number of aliphatic hydroxyl groups excluding tert-OH is 1. The minimum absolute atomic E-state index is 0.0175. The lowest BCUT2D eigenvalue weighted by Crippen LogP contribution is -2.25. The molecule has 1 aromatic rings. The number of nitrogens with zero attached hydrogens (tertiary/aromatic N) is 1. The van der Waals surface area contributed by atoms with Crippen LogP contribution in [0.1, 0.15) is 16.8 Å². The number of carbonyl (C=O) groups excluding carboxylic acids is 1. The first kappa shape index (κ1) is 13.6. The predicted molar refractivity (Wildman–Crippen MR) is 64.8 cm³/mol. The lowest BCUT2D eigenvalue weighted by molar-refractivity contribution is -0.385. The topological polar surface area (TPSA) is 92.5 Å². The summed E-state index contributed by atoms with van der Waals surface area (Å²) in [5.41, 5.74) is 0.0527. The zero-order valence-corrected chi connectivity index (χ0v) is 10.4. The maximum Gasteiger partial charge on any atom is 0.284 e. The molecule has 1 rings (SSSR count). The van der Waals surface area contributed by atoms with Crippen molar-refractivity contribution in [2.24, 2.45) is 0 Å². The molecule has 2 N–H and O–H groups in total. The van der Waals surface area contributed by atoms with E-state index in [9.17, 15) is 14.9 Å². The smallest absolute Gasteiger partial charge is 0.284 e. The highest BCUT2D eigenvalue weighted by Gasteiger charge is 2.18. The second-order valence-electron chi connectivity index (χ2n) is 3.23. The van der Waals surface area contributed by atoms with Gasteiger partial charge < -0.3 is 10.4 Å². The number of carbonyl (C=O) groups is 1. The van der Waals surface area contributed by atoms with E-state index in [4.69, 9.17) is 5.11 Å². The highest BCUT2D eigenvalue weighted by atomic mass is 79.9. The Hall–Kier alpha value is -1.47. The molecule has 0 heterocycles. The highest BCUT2D eigenvalue weighted by molar-refractivity contribution is 9.10. The van der Waals surface area contributed by atoms with Gasteiger partial charge in [-0.25, -0.2) is 0 Å². The number of halogens is 1. The van der Waals surface area contributed by atoms with E-state index in [2.05, 4.69) is 21.2 Å². The van der Waals surface area contributed by atoms with Crippen LogP contribution in [0.25, 0.3) is 0 Å². The van der Waals surface area contributed by atoms with Crippen LogP contribution in [-0.4, -0.2) is 29.1 Å². The summed E-state index contributed by atoms with van der Waals surface area (Å²) in [7, 11) is 0. The zero-order chi connectivity index (χ0) is 12.8. The molecular weight excluding hydrogens is 292 g/mol. The molecule has 0 aliphatic heterocycles. The molecule has 1 amide bonds. The number of nitrogens with one attached hydrogen (secondary N) is 1. The summed E-state index contributed by atoms with van der Waals surface area (Å²) in [6.07, 6.45) is 0.443. The van der Waals surface area contributed by atoms with Crippen molar-refractivity contribution in [1.29, 1.82) is 0 Å². The fourth-order valence-electron chi connectivity index (χ4n) is 1.21. The fraction of sp³-hybridized carbons (Fsp3) is 0.300. The Morgan fingerprint density at radius 2 is 2.24 bits per heavy atom. The summed E-state index contributed by atoms with van der Waals surface area (Å²) in [5.74, 6) is -0.408. The van der Waals surface area contributed by atoms with Crippen LogP contribution in [0.3, 0.4) is 0 Å². The largest absolute Gasteiger partial charge is 0.396 e. The molecule has 17 heavy (non-hydrogen) atoms. The van der Waals surface area contributed by atoms with Crippen LogP contribution >= 0.6 is 15.9 Å². The van der Waals surface area contributed by atoms with Crippen molar-refractivity contribution < 1.29 is 14.8 Å². The lowest BCUT2D eigenvalue weighted by Gasteiger charge is -2.06. The van der Waals surface area contributed by atoms with Gasteiger partial charge in [-0.05, 0) is 28.4 Å². The third-order valence-electron chi connectivity index (χ3n) is 2.04. The number of hydrogen-bond donors (Lipinski definition) is 2. The number of rotatable bonds is 5. The number of nitro benzene ring substituents is 1. The molecule has 6 nitrogen and oxygen atoms in total. The number of nitro groups is 1. The fourth-order valence-corrected chi connectivity index (χ4v) is 1.80. The number of benzene rings is 1. The molecular formula is C10H11BrN2O4. The Balaban J connectivity index is 2.87. The molecule has 0 saturated carbocycles. The van der Waals surface area contributed by atoms with Crippen LogP contribution in [0.15, 0.2) is 22.7 Å². The van der Waals surface area contributed by atoms with E-state index in [1.54, 1.807) is 0 Å². The van der Waals surface area contributed by atoms with E-state index in [1.165, 1.54) is 18.2 Å². The van der Waals surface area contributed by atoms with Gasteiger partial charge in [-0.2, -0.15) is 0 Å². The Kier molecular flexibility index (Phi) is 5.05. The summed E-state index contributed by atoms with van der Waals surface area (Å²) in [5, 5.41) is 21.8. The minimum atomic E-state index is -0.561. The van der Waals surface area contributed by atoms with E-state index in [-0.39, 0.29) is 22.3 Å². The van der Waals surface area contributed by atoms with Gasteiger partial charge in [-0.1, -0.05) is 6.07 Å². The second kappa shape index (κ2) is 6.31. The molecule has 0 aromatic heterocycles. The standard InChI is InChI=1S/C10H11BrN2O4/c11-9-7(10(15)12-5-2-6-14)3-1-4-8(9)13(16)17/h1,3-4,14H,2,5-6H2,(H,12,15). The molecule has 0 radical (unpaired) electrons. The van der Waals surface area contributed by atoms with E-state index >= 15 is 0 Å². The van der Waals surface area contributed by atoms with Crippen molar-refractivity contribution in [3.8, 4) is 0 Å². The number of aliphatic hydroxyl groups is 1. The summed E-state index contributed by atoms with van der Waals surface area (Å²) >= 11 is 3.04. The maximum absolute atomic E-state index is 11.7. The van der Waals surface area contributed by atoms with Gasteiger partial charge in [0.2, 0.25) is 0 Å². The molecule has 0 bridgehead atoms. The van der Waals surface area contributed by atoms with Gasteiger partial charge in [0.1, 0.15) is 4.47 Å². The van der Waals surface area contributed by atoms with Crippen molar-refractivity contribution >= 4 is 27.5 Å². The van der Waals surface area contributed by atoms with Crippen molar-refractivity contribution in [3.63, 3.8) is 0 Å².